The highest BCUT2D eigenvalue weighted by Gasteiger charge is 2.15. The number of fused-ring (bicyclic) bond motifs is 3. The molecule has 0 saturated heterocycles. The van der Waals surface area contributed by atoms with Crippen LogP contribution >= 0.6 is 11.3 Å². The molecule has 0 spiro atoms. The second-order valence-electron chi connectivity index (χ2n) is 7.21. The summed E-state index contributed by atoms with van der Waals surface area (Å²) in [4.78, 5) is 0. The van der Waals surface area contributed by atoms with Crippen LogP contribution in [0.25, 0.3) is 20.2 Å². The molecule has 0 radical (unpaired) electrons. The molecule has 0 bridgehead atoms. The molecule has 5 rings (SSSR count). The lowest BCUT2D eigenvalue weighted by Gasteiger charge is -2.21. The van der Waals surface area contributed by atoms with Crippen molar-refractivity contribution in [1.82, 2.24) is 0 Å². The fourth-order valence-electron chi connectivity index (χ4n) is 3.89. The van der Waals surface area contributed by atoms with Crippen molar-refractivity contribution in [2.75, 3.05) is 5.32 Å². The summed E-state index contributed by atoms with van der Waals surface area (Å²) in [5, 5.41) is 6.22. The fraction of sp³-hybridized carbons (Fsp3) is 0.120. The van der Waals surface area contributed by atoms with Gasteiger partial charge in [0.1, 0.15) is 0 Å². The van der Waals surface area contributed by atoms with Gasteiger partial charge >= 0.3 is 0 Å². The Labute approximate surface area is 163 Å². The van der Waals surface area contributed by atoms with Gasteiger partial charge in [-0.05, 0) is 47.9 Å². The van der Waals surface area contributed by atoms with Gasteiger partial charge in [0.25, 0.3) is 0 Å². The smallest absolute Gasteiger partial charge is 0.0391 e. The number of anilines is 2. The summed E-state index contributed by atoms with van der Waals surface area (Å²) in [7, 11) is 0. The highest BCUT2D eigenvalue weighted by Crippen LogP contribution is 2.36. The molecule has 1 heterocycles. The minimum absolute atomic E-state index is 0.470. The minimum atomic E-state index is 0.470. The molecule has 1 nitrogen and oxygen atoms in total. The molecule has 1 aliphatic rings. The predicted octanol–water partition coefficient (Wildman–Crippen LogP) is 7.64. The van der Waals surface area contributed by atoms with Crippen LogP contribution in [-0.4, -0.2) is 0 Å². The average molecular weight is 368 g/mol. The molecule has 3 aromatic carbocycles. The summed E-state index contributed by atoms with van der Waals surface area (Å²) >= 11 is 1.85. The van der Waals surface area contributed by atoms with Gasteiger partial charge in [-0.15, -0.1) is 11.3 Å². The lowest BCUT2D eigenvalue weighted by atomic mass is 9.84. The van der Waals surface area contributed by atoms with E-state index in [1.807, 2.05) is 11.3 Å². The molecule has 0 saturated carbocycles. The first-order chi connectivity index (χ1) is 13.3. The van der Waals surface area contributed by atoms with E-state index in [1.54, 1.807) is 0 Å². The van der Waals surface area contributed by atoms with Gasteiger partial charge in [-0.2, -0.15) is 0 Å². The Kier molecular flexibility index (Phi) is 4.06. The average Bonchev–Trinajstić information content (AvgIpc) is 3.07. The Morgan fingerprint density at radius 1 is 0.741 bits per heavy atom. The first-order valence-electron chi connectivity index (χ1n) is 9.41. The zero-order chi connectivity index (χ0) is 18.2. The second-order valence-corrected chi connectivity index (χ2v) is 8.29. The van der Waals surface area contributed by atoms with E-state index in [1.165, 1.54) is 25.7 Å². The summed E-state index contributed by atoms with van der Waals surface area (Å²) in [5.74, 6) is 1.01. The van der Waals surface area contributed by atoms with E-state index < -0.39 is 0 Å². The third-order valence-corrected chi connectivity index (χ3v) is 6.52. The maximum atomic E-state index is 3.56. The van der Waals surface area contributed by atoms with E-state index in [0.29, 0.717) is 11.8 Å². The van der Waals surface area contributed by atoms with Gasteiger partial charge in [-0.1, -0.05) is 61.6 Å². The first-order valence-corrected chi connectivity index (χ1v) is 10.2. The fourth-order valence-corrected chi connectivity index (χ4v) is 4.98. The number of hydrogen-bond donors (Lipinski definition) is 1. The molecule has 132 valence electrons. The zero-order valence-electron chi connectivity index (χ0n) is 15.2. The van der Waals surface area contributed by atoms with Crippen LogP contribution in [0.5, 0.6) is 0 Å². The number of allylic oxidation sites excluding steroid dienone is 4. The Balaban J connectivity index is 1.42. The van der Waals surface area contributed by atoms with Crippen molar-refractivity contribution in [3.05, 3.63) is 96.6 Å². The topological polar surface area (TPSA) is 12.0 Å². The van der Waals surface area contributed by atoms with Gasteiger partial charge in [0.15, 0.2) is 0 Å². The van der Waals surface area contributed by atoms with Gasteiger partial charge in [0.2, 0.25) is 0 Å². The number of benzene rings is 3. The molecule has 1 aliphatic carbocycles. The summed E-state index contributed by atoms with van der Waals surface area (Å²) in [5.41, 5.74) is 3.63. The Morgan fingerprint density at radius 3 is 2.33 bits per heavy atom. The van der Waals surface area contributed by atoms with Crippen molar-refractivity contribution in [2.24, 2.45) is 5.92 Å². The molecule has 4 aromatic rings. The molecule has 0 aliphatic heterocycles. The molecule has 27 heavy (non-hydrogen) atoms. The van der Waals surface area contributed by atoms with Gasteiger partial charge in [0.05, 0.1) is 0 Å². The number of hydrogen-bond acceptors (Lipinski definition) is 2. The lowest BCUT2D eigenvalue weighted by Crippen LogP contribution is -2.07. The van der Waals surface area contributed by atoms with E-state index in [0.717, 1.165) is 11.4 Å². The van der Waals surface area contributed by atoms with Crippen LogP contribution in [0.4, 0.5) is 11.4 Å². The normalized spacial score (nSPS) is 19.0. The third kappa shape index (κ3) is 3.07. The maximum Gasteiger partial charge on any atom is 0.0391 e. The summed E-state index contributed by atoms with van der Waals surface area (Å²) < 4.78 is 2.68. The SMILES string of the molecule is CC1C=CC=CC1c1ccc(Nc2ccc3sc4ccccc4c3c2)cc1. The van der Waals surface area contributed by atoms with Crippen LogP contribution in [0.2, 0.25) is 0 Å². The molecule has 2 atom stereocenters. The van der Waals surface area contributed by atoms with Gasteiger partial charge in [-0.3, -0.25) is 0 Å². The van der Waals surface area contributed by atoms with Crippen molar-refractivity contribution >= 4 is 42.9 Å². The van der Waals surface area contributed by atoms with E-state index in [2.05, 4.69) is 103 Å². The van der Waals surface area contributed by atoms with Crippen molar-refractivity contribution in [1.29, 1.82) is 0 Å². The van der Waals surface area contributed by atoms with E-state index in [4.69, 9.17) is 0 Å². The largest absolute Gasteiger partial charge is 0.356 e. The highest BCUT2D eigenvalue weighted by atomic mass is 32.1. The Morgan fingerprint density at radius 2 is 1.48 bits per heavy atom. The number of thiophene rings is 1. The standard InChI is InChI=1S/C25H21NS/c1-17-6-2-3-7-21(17)18-10-12-19(13-11-18)26-20-14-15-25-23(16-20)22-8-4-5-9-24(22)27-25/h2-17,21,26H,1H3. The highest BCUT2D eigenvalue weighted by molar-refractivity contribution is 7.25. The van der Waals surface area contributed by atoms with Crippen molar-refractivity contribution in [3.63, 3.8) is 0 Å². The molecule has 1 aromatic heterocycles. The van der Waals surface area contributed by atoms with Crippen LogP contribution in [0, 0.1) is 5.92 Å². The van der Waals surface area contributed by atoms with Crippen molar-refractivity contribution in [2.45, 2.75) is 12.8 Å². The monoisotopic (exact) mass is 367 g/mol. The van der Waals surface area contributed by atoms with Gasteiger partial charge in [-0.25, -0.2) is 0 Å². The molecule has 0 fully saturated rings. The molecule has 2 heteroatoms. The van der Waals surface area contributed by atoms with Crippen molar-refractivity contribution < 1.29 is 0 Å². The number of rotatable bonds is 3. The van der Waals surface area contributed by atoms with E-state index >= 15 is 0 Å². The van der Waals surface area contributed by atoms with Crippen LogP contribution in [0.1, 0.15) is 18.4 Å². The molecular weight excluding hydrogens is 346 g/mol. The summed E-state index contributed by atoms with van der Waals surface area (Å²) in [6.07, 6.45) is 8.86. The maximum absolute atomic E-state index is 3.56. The molecule has 2 unspecified atom stereocenters. The van der Waals surface area contributed by atoms with Crippen LogP contribution in [0.15, 0.2) is 91.0 Å². The molecule has 0 amide bonds. The lowest BCUT2D eigenvalue weighted by molar-refractivity contribution is 0.635. The van der Waals surface area contributed by atoms with Crippen LogP contribution in [-0.2, 0) is 0 Å². The predicted molar refractivity (Wildman–Crippen MR) is 119 cm³/mol. The van der Waals surface area contributed by atoms with Crippen LogP contribution < -0.4 is 5.32 Å². The quantitative estimate of drug-likeness (QED) is 0.392. The first kappa shape index (κ1) is 16.3. The van der Waals surface area contributed by atoms with E-state index in [-0.39, 0.29) is 0 Å². The Hall–Kier alpha value is -2.84. The van der Waals surface area contributed by atoms with E-state index in [9.17, 15) is 0 Å². The minimum Gasteiger partial charge on any atom is -0.356 e. The Bertz CT molecular complexity index is 1160. The summed E-state index contributed by atoms with van der Waals surface area (Å²) in [6.45, 7) is 2.28. The number of nitrogens with one attached hydrogen (secondary N) is 1. The third-order valence-electron chi connectivity index (χ3n) is 5.37. The van der Waals surface area contributed by atoms with Crippen LogP contribution in [0.3, 0.4) is 0 Å². The molecule has 1 N–H and O–H groups in total. The molecular formula is C25H21NS. The second kappa shape index (κ2) is 6.71. The van der Waals surface area contributed by atoms with Crippen molar-refractivity contribution in [3.8, 4) is 0 Å². The summed E-state index contributed by atoms with van der Waals surface area (Å²) in [6, 6.07) is 24.1. The van der Waals surface area contributed by atoms with Gasteiger partial charge < -0.3 is 5.32 Å². The zero-order valence-corrected chi connectivity index (χ0v) is 16.0. The van der Waals surface area contributed by atoms with Gasteiger partial charge in [0, 0.05) is 37.5 Å².